The summed E-state index contributed by atoms with van der Waals surface area (Å²) in [7, 11) is 2.14. The second-order valence-electron chi connectivity index (χ2n) is 8.33. The van der Waals surface area contributed by atoms with Crippen LogP contribution in [0.4, 0.5) is 5.95 Å². The van der Waals surface area contributed by atoms with Crippen LogP contribution in [0.1, 0.15) is 49.3 Å². The predicted molar refractivity (Wildman–Crippen MR) is 120 cm³/mol. The van der Waals surface area contributed by atoms with Crippen LogP contribution in [0.2, 0.25) is 5.02 Å². The molecule has 160 valence electrons. The van der Waals surface area contributed by atoms with Gasteiger partial charge >= 0.3 is 6.01 Å². The Balaban J connectivity index is 1.65. The van der Waals surface area contributed by atoms with Gasteiger partial charge in [0, 0.05) is 30.2 Å². The number of hydrogen-bond acceptors (Lipinski definition) is 6. The maximum atomic E-state index is 6.41. The third kappa shape index (κ3) is 4.37. The number of ether oxygens (including phenoxy) is 1. The van der Waals surface area contributed by atoms with Gasteiger partial charge in [-0.15, -0.1) is 0 Å². The van der Waals surface area contributed by atoms with Crippen LogP contribution in [0.5, 0.6) is 6.01 Å². The molecule has 0 radical (unpaired) electrons. The van der Waals surface area contributed by atoms with Crippen molar-refractivity contribution < 1.29 is 4.74 Å². The van der Waals surface area contributed by atoms with E-state index in [0.29, 0.717) is 24.4 Å². The Morgan fingerprint density at radius 2 is 2.00 bits per heavy atom. The molecular weight excluding hydrogens is 400 g/mol. The molecule has 1 aliphatic rings. The summed E-state index contributed by atoms with van der Waals surface area (Å²) in [6, 6.07) is 6.32. The first-order valence-electron chi connectivity index (χ1n) is 10.5. The normalized spacial score (nSPS) is 15.8. The molecule has 1 fully saturated rings. The molecule has 0 amide bonds. The number of anilines is 1. The van der Waals surface area contributed by atoms with Crippen LogP contribution in [0, 0.1) is 6.92 Å². The number of hydrogen-bond donors (Lipinski definition) is 1. The number of nitrogens with zero attached hydrogens (tertiary/aromatic N) is 5. The highest BCUT2D eigenvalue weighted by atomic mass is 35.5. The number of piperidine rings is 1. The highest BCUT2D eigenvalue weighted by Crippen LogP contribution is 2.25. The van der Waals surface area contributed by atoms with E-state index in [9.17, 15) is 0 Å². The minimum atomic E-state index is 0.132. The molecule has 0 saturated carbocycles. The van der Waals surface area contributed by atoms with Crippen LogP contribution in [-0.2, 0) is 6.54 Å². The molecule has 2 aromatic heterocycles. The molecule has 1 saturated heterocycles. The molecule has 0 spiro atoms. The Morgan fingerprint density at radius 3 is 2.70 bits per heavy atom. The Labute approximate surface area is 182 Å². The van der Waals surface area contributed by atoms with E-state index in [1.165, 1.54) is 0 Å². The topological polar surface area (TPSA) is 67.6 Å². The lowest BCUT2D eigenvalue weighted by Gasteiger charge is -2.28. The van der Waals surface area contributed by atoms with Crippen LogP contribution in [0.3, 0.4) is 0 Å². The van der Waals surface area contributed by atoms with Crippen molar-refractivity contribution in [1.29, 1.82) is 0 Å². The van der Waals surface area contributed by atoms with E-state index in [4.69, 9.17) is 21.3 Å². The van der Waals surface area contributed by atoms with Gasteiger partial charge < -0.3 is 15.0 Å². The van der Waals surface area contributed by atoms with Crippen molar-refractivity contribution in [2.75, 3.05) is 25.5 Å². The minimum Gasteiger partial charge on any atom is -0.460 e. The number of benzene rings is 1. The van der Waals surface area contributed by atoms with Gasteiger partial charge in [0.1, 0.15) is 6.10 Å². The second kappa shape index (κ2) is 8.78. The van der Waals surface area contributed by atoms with E-state index < -0.39 is 0 Å². The van der Waals surface area contributed by atoms with Crippen molar-refractivity contribution in [2.24, 2.45) is 0 Å². The molecule has 1 N–H and O–H groups in total. The molecule has 3 heterocycles. The average Bonchev–Trinajstić information content (AvgIpc) is 3.14. The number of nitrogens with one attached hydrogen (secondary N) is 1. The van der Waals surface area contributed by atoms with Crippen molar-refractivity contribution in [3.63, 3.8) is 0 Å². The maximum absolute atomic E-state index is 6.41. The Kier molecular flexibility index (Phi) is 6.11. The highest BCUT2D eigenvalue weighted by molar-refractivity contribution is 6.31. The van der Waals surface area contributed by atoms with E-state index in [2.05, 4.69) is 54.2 Å². The zero-order valence-electron chi connectivity index (χ0n) is 18.0. The summed E-state index contributed by atoms with van der Waals surface area (Å²) in [5.74, 6) is 0.904. The third-order valence-electron chi connectivity index (χ3n) is 5.71. The first-order chi connectivity index (χ1) is 14.4. The monoisotopic (exact) mass is 428 g/mol. The minimum absolute atomic E-state index is 0.132. The molecule has 0 unspecified atom stereocenters. The smallest absolute Gasteiger partial charge is 0.322 e. The summed E-state index contributed by atoms with van der Waals surface area (Å²) >= 11 is 6.41. The quantitative estimate of drug-likeness (QED) is 0.631. The fraction of sp³-hybridized carbons (Fsp3) is 0.500. The summed E-state index contributed by atoms with van der Waals surface area (Å²) in [5, 5.41) is 8.66. The van der Waals surface area contributed by atoms with E-state index in [-0.39, 0.29) is 6.10 Å². The summed E-state index contributed by atoms with van der Waals surface area (Å²) in [5.41, 5.74) is 4.02. The van der Waals surface area contributed by atoms with E-state index in [1.807, 2.05) is 18.3 Å². The third-order valence-corrected chi connectivity index (χ3v) is 6.06. The summed E-state index contributed by atoms with van der Waals surface area (Å²) in [4.78, 5) is 11.7. The summed E-state index contributed by atoms with van der Waals surface area (Å²) in [6.07, 6.45) is 3.94. The van der Waals surface area contributed by atoms with Gasteiger partial charge in [0.25, 0.3) is 0 Å². The van der Waals surface area contributed by atoms with Gasteiger partial charge in [0.15, 0.2) is 5.65 Å². The SMILES string of the molecule is Cc1cccc(Cl)c1CNc1nc(OC2CCN(C)CC2)nc2c(C(C)C)cnn12. The number of aromatic nitrogens is 4. The molecule has 1 aromatic carbocycles. The van der Waals surface area contributed by atoms with Crippen LogP contribution in [0.25, 0.3) is 5.65 Å². The van der Waals surface area contributed by atoms with Gasteiger partial charge in [-0.2, -0.15) is 19.6 Å². The summed E-state index contributed by atoms with van der Waals surface area (Å²) in [6.45, 7) is 8.91. The number of likely N-dealkylation sites (tertiary alicyclic amines) is 1. The standard InChI is InChI=1S/C22H29ClN6O/c1-14(2)17-13-25-29-20(17)26-22(30-16-8-10-28(4)11-9-16)27-21(29)24-12-18-15(3)6-5-7-19(18)23/h5-7,13-14,16H,8-12H2,1-4H3,(H,24,26,27). The lowest BCUT2D eigenvalue weighted by molar-refractivity contribution is 0.105. The van der Waals surface area contributed by atoms with Gasteiger partial charge in [-0.05, 0) is 49.9 Å². The predicted octanol–water partition coefficient (Wildman–Crippen LogP) is 4.29. The van der Waals surface area contributed by atoms with Gasteiger partial charge in [-0.3, -0.25) is 0 Å². The molecule has 30 heavy (non-hydrogen) atoms. The lowest BCUT2D eigenvalue weighted by atomic mass is 10.1. The van der Waals surface area contributed by atoms with Crippen molar-refractivity contribution in [2.45, 2.75) is 52.2 Å². The molecule has 4 rings (SSSR count). The van der Waals surface area contributed by atoms with Gasteiger partial charge in [-0.25, -0.2) is 0 Å². The lowest BCUT2D eigenvalue weighted by Crippen LogP contribution is -2.36. The number of aryl methyl sites for hydroxylation is 1. The van der Waals surface area contributed by atoms with Gasteiger partial charge in [-0.1, -0.05) is 37.6 Å². The second-order valence-corrected chi connectivity index (χ2v) is 8.74. The van der Waals surface area contributed by atoms with E-state index in [1.54, 1.807) is 4.52 Å². The van der Waals surface area contributed by atoms with Crippen LogP contribution in [-0.4, -0.2) is 50.7 Å². The van der Waals surface area contributed by atoms with Gasteiger partial charge in [0.2, 0.25) is 5.95 Å². The van der Waals surface area contributed by atoms with Gasteiger partial charge in [0.05, 0.1) is 6.20 Å². The van der Waals surface area contributed by atoms with Crippen LogP contribution in [0.15, 0.2) is 24.4 Å². The van der Waals surface area contributed by atoms with Crippen molar-refractivity contribution in [1.82, 2.24) is 24.5 Å². The first-order valence-corrected chi connectivity index (χ1v) is 10.9. The van der Waals surface area contributed by atoms with Crippen LogP contribution >= 0.6 is 11.6 Å². The fourth-order valence-electron chi connectivity index (χ4n) is 3.76. The number of rotatable bonds is 6. The van der Waals surface area contributed by atoms with Crippen molar-refractivity contribution in [3.05, 3.63) is 46.1 Å². The fourth-order valence-corrected chi connectivity index (χ4v) is 4.05. The largest absolute Gasteiger partial charge is 0.460 e. The molecule has 0 aliphatic carbocycles. The zero-order valence-corrected chi connectivity index (χ0v) is 18.8. The maximum Gasteiger partial charge on any atom is 0.322 e. The number of halogens is 1. The molecule has 7 nitrogen and oxygen atoms in total. The van der Waals surface area contributed by atoms with Crippen molar-refractivity contribution >= 4 is 23.2 Å². The molecule has 1 aliphatic heterocycles. The molecule has 8 heteroatoms. The number of fused-ring (bicyclic) bond motifs is 1. The first kappa shape index (κ1) is 20.9. The Bertz CT molecular complexity index is 1010. The Morgan fingerprint density at radius 1 is 1.23 bits per heavy atom. The molecule has 0 bridgehead atoms. The van der Waals surface area contributed by atoms with Crippen LogP contribution < -0.4 is 10.1 Å². The highest BCUT2D eigenvalue weighted by Gasteiger charge is 2.21. The molecule has 0 atom stereocenters. The Hall–Kier alpha value is -2.38. The molecule has 3 aromatic rings. The van der Waals surface area contributed by atoms with E-state index >= 15 is 0 Å². The van der Waals surface area contributed by atoms with Crippen molar-refractivity contribution in [3.8, 4) is 6.01 Å². The van der Waals surface area contributed by atoms with E-state index in [0.717, 1.165) is 53.3 Å². The average molecular weight is 429 g/mol. The summed E-state index contributed by atoms with van der Waals surface area (Å²) < 4.78 is 7.95. The molecular formula is C22H29ClN6O. The zero-order chi connectivity index (χ0) is 21.3.